The zero-order valence-electron chi connectivity index (χ0n) is 16.0. The van der Waals surface area contributed by atoms with E-state index in [0.29, 0.717) is 36.0 Å². The molecule has 0 atom stereocenters. The van der Waals surface area contributed by atoms with Gasteiger partial charge in [0.15, 0.2) is 28.6 Å². The molecule has 0 fully saturated rings. The molecular weight excluding hydrogens is 360 g/mol. The molecule has 0 aliphatic rings. The van der Waals surface area contributed by atoms with Gasteiger partial charge in [0.05, 0.1) is 26.5 Å². The smallest absolute Gasteiger partial charge is 0.307 e. The van der Waals surface area contributed by atoms with Gasteiger partial charge in [0.25, 0.3) is 0 Å². The molecule has 1 N–H and O–H groups in total. The highest BCUT2D eigenvalue weighted by molar-refractivity contribution is 5.97. The van der Waals surface area contributed by atoms with E-state index in [4.69, 9.17) is 18.6 Å². The summed E-state index contributed by atoms with van der Waals surface area (Å²) in [6, 6.07) is 12.5. The zero-order chi connectivity index (χ0) is 19.9. The van der Waals surface area contributed by atoms with E-state index in [-0.39, 0.29) is 5.76 Å². The molecule has 0 aliphatic heterocycles. The zero-order valence-corrected chi connectivity index (χ0v) is 16.0. The van der Waals surface area contributed by atoms with Crippen LogP contribution in [0, 0.1) is 0 Å². The summed E-state index contributed by atoms with van der Waals surface area (Å²) >= 11 is 0. The standard InChI is InChI=1S/C21H22N2O5/c1-4-26-16-10-9-14(11-18(16)27-5-2)13-22-23-21(24)19-12-15-7-6-8-17(25-3)20(15)28-19/h6-13H,4-5H2,1-3H3,(H,23,24)/b22-13-. The minimum absolute atomic E-state index is 0.151. The van der Waals surface area contributed by atoms with Crippen LogP contribution in [0.2, 0.25) is 0 Å². The lowest BCUT2D eigenvalue weighted by Gasteiger charge is -2.11. The van der Waals surface area contributed by atoms with Crippen molar-refractivity contribution in [3.05, 3.63) is 53.8 Å². The van der Waals surface area contributed by atoms with E-state index in [1.165, 1.54) is 6.21 Å². The summed E-state index contributed by atoms with van der Waals surface area (Å²) < 4.78 is 22.0. The number of nitrogens with one attached hydrogen (secondary N) is 1. The Morgan fingerprint density at radius 2 is 1.86 bits per heavy atom. The van der Waals surface area contributed by atoms with Crippen LogP contribution in [-0.4, -0.2) is 32.4 Å². The maximum Gasteiger partial charge on any atom is 0.307 e. The third kappa shape index (κ3) is 4.25. The summed E-state index contributed by atoms with van der Waals surface area (Å²) in [5, 5.41) is 4.77. The lowest BCUT2D eigenvalue weighted by atomic mass is 10.2. The number of rotatable bonds is 8. The molecule has 1 aromatic heterocycles. The van der Waals surface area contributed by atoms with E-state index in [0.717, 1.165) is 10.9 Å². The molecule has 0 unspecified atom stereocenters. The van der Waals surface area contributed by atoms with Gasteiger partial charge in [0.1, 0.15) is 0 Å². The van der Waals surface area contributed by atoms with Crippen molar-refractivity contribution in [3.63, 3.8) is 0 Å². The van der Waals surface area contributed by atoms with Crippen LogP contribution in [-0.2, 0) is 0 Å². The number of fused-ring (bicyclic) bond motifs is 1. The van der Waals surface area contributed by atoms with Crippen molar-refractivity contribution in [2.24, 2.45) is 5.10 Å². The Kier molecular flexibility index (Phi) is 6.16. The first-order valence-electron chi connectivity index (χ1n) is 8.95. The first kappa shape index (κ1) is 19.3. The Morgan fingerprint density at radius 3 is 2.61 bits per heavy atom. The van der Waals surface area contributed by atoms with Gasteiger partial charge >= 0.3 is 5.91 Å². The molecule has 3 rings (SSSR count). The van der Waals surface area contributed by atoms with Crippen molar-refractivity contribution >= 4 is 23.1 Å². The summed E-state index contributed by atoms with van der Waals surface area (Å²) in [7, 11) is 1.55. The molecule has 28 heavy (non-hydrogen) atoms. The molecule has 3 aromatic rings. The Labute approximate surface area is 162 Å². The van der Waals surface area contributed by atoms with Crippen LogP contribution in [0.25, 0.3) is 11.0 Å². The fourth-order valence-corrected chi connectivity index (χ4v) is 2.68. The highest BCUT2D eigenvalue weighted by Gasteiger charge is 2.14. The summed E-state index contributed by atoms with van der Waals surface area (Å²) in [4.78, 5) is 12.3. The summed E-state index contributed by atoms with van der Waals surface area (Å²) in [6.45, 7) is 4.88. The van der Waals surface area contributed by atoms with Gasteiger partial charge in [-0.05, 0) is 49.7 Å². The van der Waals surface area contributed by atoms with E-state index in [9.17, 15) is 4.79 Å². The number of ether oxygens (including phenoxy) is 3. The van der Waals surface area contributed by atoms with Crippen LogP contribution >= 0.6 is 0 Å². The van der Waals surface area contributed by atoms with Crippen molar-refractivity contribution in [2.75, 3.05) is 20.3 Å². The SMILES string of the molecule is CCOc1ccc(/C=N\NC(=O)c2cc3cccc(OC)c3o2)cc1OCC. The van der Waals surface area contributed by atoms with E-state index in [1.54, 1.807) is 25.3 Å². The van der Waals surface area contributed by atoms with Crippen molar-refractivity contribution in [2.45, 2.75) is 13.8 Å². The molecule has 0 radical (unpaired) electrons. The van der Waals surface area contributed by atoms with Gasteiger partial charge in [0, 0.05) is 5.39 Å². The topological polar surface area (TPSA) is 82.3 Å². The third-order valence-corrected chi connectivity index (χ3v) is 3.90. The Bertz CT molecular complexity index is 994. The maximum absolute atomic E-state index is 12.3. The van der Waals surface area contributed by atoms with Gasteiger partial charge < -0.3 is 18.6 Å². The fraction of sp³-hybridized carbons (Fsp3) is 0.238. The molecule has 7 heteroatoms. The molecule has 7 nitrogen and oxygen atoms in total. The van der Waals surface area contributed by atoms with Crippen LogP contribution < -0.4 is 19.6 Å². The summed E-state index contributed by atoms with van der Waals surface area (Å²) in [5.74, 6) is 1.56. The van der Waals surface area contributed by atoms with E-state index >= 15 is 0 Å². The number of amides is 1. The van der Waals surface area contributed by atoms with Crippen molar-refractivity contribution in [1.82, 2.24) is 5.43 Å². The number of benzene rings is 2. The van der Waals surface area contributed by atoms with Crippen LogP contribution in [0.3, 0.4) is 0 Å². The van der Waals surface area contributed by atoms with Crippen LogP contribution in [0.1, 0.15) is 30.0 Å². The van der Waals surface area contributed by atoms with Gasteiger partial charge in [-0.3, -0.25) is 4.79 Å². The van der Waals surface area contributed by atoms with E-state index in [2.05, 4.69) is 10.5 Å². The average molecular weight is 382 g/mol. The third-order valence-electron chi connectivity index (χ3n) is 3.90. The molecule has 0 saturated heterocycles. The van der Waals surface area contributed by atoms with Gasteiger partial charge in [-0.15, -0.1) is 0 Å². The second-order valence-electron chi connectivity index (χ2n) is 5.76. The molecule has 0 spiro atoms. The largest absolute Gasteiger partial charge is 0.493 e. The number of hydrogen-bond acceptors (Lipinski definition) is 6. The van der Waals surface area contributed by atoms with Gasteiger partial charge in [0.2, 0.25) is 0 Å². The minimum Gasteiger partial charge on any atom is -0.493 e. The van der Waals surface area contributed by atoms with Gasteiger partial charge in [-0.1, -0.05) is 12.1 Å². The first-order chi connectivity index (χ1) is 13.7. The first-order valence-corrected chi connectivity index (χ1v) is 8.95. The number of nitrogens with zero attached hydrogens (tertiary/aromatic N) is 1. The van der Waals surface area contributed by atoms with Crippen LogP contribution in [0.4, 0.5) is 0 Å². The molecule has 0 saturated carbocycles. The molecule has 0 bridgehead atoms. The van der Waals surface area contributed by atoms with Crippen LogP contribution in [0.5, 0.6) is 17.2 Å². The Balaban J connectivity index is 1.72. The molecular formula is C21H22N2O5. The molecule has 146 valence electrons. The fourth-order valence-electron chi connectivity index (χ4n) is 2.68. The lowest BCUT2D eigenvalue weighted by Crippen LogP contribution is -2.16. The second kappa shape index (κ2) is 8.94. The molecule has 2 aromatic carbocycles. The highest BCUT2D eigenvalue weighted by atomic mass is 16.5. The number of carbonyl (C=O) groups excluding carboxylic acids is 1. The van der Waals surface area contributed by atoms with Crippen LogP contribution in [0.15, 0.2) is 52.0 Å². The van der Waals surface area contributed by atoms with E-state index in [1.807, 2.05) is 38.1 Å². The summed E-state index contributed by atoms with van der Waals surface area (Å²) in [6.07, 6.45) is 1.53. The highest BCUT2D eigenvalue weighted by Crippen LogP contribution is 2.29. The molecule has 0 aliphatic carbocycles. The predicted octanol–water partition coefficient (Wildman–Crippen LogP) is 4.00. The number of para-hydroxylation sites is 1. The second-order valence-corrected chi connectivity index (χ2v) is 5.76. The summed E-state index contributed by atoms with van der Waals surface area (Å²) in [5.41, 5.74) is 3.74. The van der Waals surface area contributed by atoms with E-state index < -0.39 is 5.91 Å². The lowest BCUT2D eigenvalue weighted by molar-refractivity contribution is 0.0929. The number of hydrogen-bond donors (Lipinski definition) is 1. The van der Waals surface area contributed by atoms with Crippen molar-refractivity contribution in [1.29, 1.82) is 0 Å². The minimum atomic E-state index is -0.453. The monoisotopic (exact) mass is 382 g/mol. The molecule has 1 heterocycles. The predicted molar refractivity (Wildman–Crippen MR) is 107 cm³/mol. The Morgan fingerprint density at radius 1 is 1.07 bits per heavy atom. The molecule has 1 amide bonds. The van der Waals surface area contributed by atoms with Crippen molar-refractivity contribution in [3.8, 4) is 17.2 Å². The normalized spacial score (nSPS) is 11.0. The quantitative estimate of drug-likeness (QED) is 0.470. The average Bonchev–Trinajstić information content (AvgIpc) is 3.14. The number of furan rings is 1. The number of carbonyl (C=O) groups is 1. The van der Waals surface area contributed by atoms with Gasteiger partial charge in [-0.25, -0.2) is 5.43 Å². The maximum atomic E-state index is 12.3. The Hall–Kier alpha value is -3.48. The van der Waals surface area contributed by atoms with Gasteiger partial charge in [-0.2, -0.15) is 5.10 Å². The van der Waals surface area contributed by atoms with Crippen molar-refractivity contribution < 1.29 is 23.4 Å². The number of hydrazone groups is 1. The number of methoxy groups -OCH3 is 1.